The molecule has 4 unspecified atom stereocenters. The Bertz CT molecular complexity index is 550. The van der Waals surface area contributed by atoms with Gasteiger partial charge in [0.2, 0.25) is 0 Å². The van der Waals surface area contributed by atoms with E-state index in [1.807, 2.05) is 6.07 Å². The van der Waals surface area contributed by atoms with E-state index in [9.17, 15) is 0 Å². The Morgan fingerprint density at radius 1 is 1.43 bits per heavy atom. The van der Waals surface area contributed by atoms with Gasteiger partial charge in [-0.2, -0.15) is 0 Å². The molecule has 4 rings (SSSR count). The van der Waals surface area contributed by atoms with Crippen LogP contribution in [0, 0.1) is 5.92 Å². The minimum Gasteiger partial charge on any atom is -0.486 e. The number of halogens is 1. The van der Waals surface area contributed by atoms with Gasteiger partial charge in [0.25, 0.3) is 0 Å². The Kier molecular flexibility index (Phi) is 3.40. The maximum atomic E-state index is 6.60. The first kappa shape index (κ1) is 13.9. The highest BCUT2D eigenvalue weighted by molar-refractivity contribution is 6.30. The van der Waals surface area contributed by atoms with Crippen LogP contribution < -0.4 is 10.1 Å². The number of fused-ring (bicyclic) bond motifs is 4. The normalized spacial score (nSPS) is 37.3. The minimum atomic E-state index is 0.0284. The van der Waals surface area contributed by atoms with Crippen molar-refractivity contribution in [2.75, 3.05) is 26.2 Å². The first-order valence-corrected chi connectivity index (χ1v) is 8.52. The van der Waals surface area contributed by atoms with Gasteiger partial charge >= 0.3 is 0 Å². The smallest absolute Gasteiger partial charge is 0.125 e. The van der Waals surface area contributed by atoms with Gasteiger partial charge in [0.1, 0.15) is 11.4 Å². The predicted octanol–water partition coefficient (Wildman–Crippen LogP) is 3.24. The topological polar surface area (TPSA) is 24.5 Å². The van der Waals surface area contributed by atoms with Gasteiger partial charge in [0.15, 0.2) is 0 Å². The van der Waals surface area contributed by atoms with Crippen molar-refractivity contribution < 1.29 is 4.74 Å². The molecule has 4 atom stereocenters. The molecular weight excluding hydrogens is 284 g/mol. The molecule has 0 aliphatic carbocycles. The first-order valence-electron chi connectivity index (χ1n) is 8.14. The van der Waals surface area contributed by atoms with Crippen molar-refractivity contribution in [3.8, 4) is 5.75 Å². The molecule has 3 nitrogen and oxygen atoms in total. The van der Waals surface area contributed by atoms with Gasteiger partial charge in [-0.15, -0.1) is 0 Å². The molecule has 3 aliphatic heterocycles. The van der Waals surface area contributed by atoms with Gasteiger partial charge in [-0.1, -0.05) is 18.5 Å². The monoisotopic (exact) mass is 306 g/mol. The summed E-state index contributed by atoms with van der Waals surface area (Å²) in [4.78, 5) is 2.58. The van der Waals surface area contributed by atoms with Crippen molar-refractivity contribution in [3.05, 3.63) is 28.8 Å². The van der Waals surface area contributed by atoms with Crippen molar-refractivity contribution in [2.24, 2.45) is 5.92 Å². The van der Waals surface area contributed by atoms with Crippen LogP contribution in [0.25, 0.3) is 0 Å². The number of piperidine rings is 1. The third kappa shape index (κ3) is 2.26. The summed E-state index contributed by atoms with van der Waals surface area (Å²) in [6.45, 7) is 6.78. The fourth-order valence-corrected chi connectivity index (χ4v) is 4.63. The number of rotatable bonds is 2. The van der Waals surface area contributed by atoms with Crippen molar-refractivity contribution in [1.29, 1.82) is 0 Å². The van der Waals surface area contributed by atoms with Gasteiger partial charge in [-0.3, -0.25) is 0 Å². The summed E-state index contributed by atoms with van der Waals surface area (Å²) in [5.74, 6) is 1.72. The summed E-state index contributed by atoms with van der Waals surface area (Å²) in [6, 6.07) is 6.45. The summed E-state index contributed by atoms with van der Waals surface area (Å²) in [6.07, 6.45) is 3.51. The zero-order chi connectivity index (χ0) is 14.4. The lowest BCUT2D eigenvalue weighted by molar-refractivity contribution is -0.0472. The van der Waals surface area contributed by atoms with Crippen molar-refractivity contribution in [3.63, 3.8) is 0 Å². The number of ether oxygens (including phenoxy) is 1. The number of benzene rings is 1. The van der Waals surface area contributed by atoms with Crippen LogP contribution in [-0.4, -0.2) is 36.7 Å². The average molecular weight is 307 g/mol. The summed E-state index contributed by atoms with van der Waals surface area (Å²) >= 11 is 6.19. The van der Waals surface area contributed by atoms with Crippen LogP contribution in [0.3, 0.4) is 0 Å². The second-order valence-electron chi connectivity index (χ2n) is 6.70. The van der Waals surface area contributed by atoms with Crippen LogP contribution in [0.4, 0.5) is 0 Å². The Balaban J connectivity index is 1.71. The Hall–Kier alpha value is -0.770. The molecule has 2 bridgehead atoms. The SMILES string of the molecule is CCNC1CC2(CCN3CCC2C3)Oc2ccc(Cl)cc21. The summed E-state index contributed by atoms with van der Waals surface area (Å²) < 4.78 is 6.60. The Labute approximate surface area is 131 Å². The van der Waals surface area contributed by atoms with Crippen molar-refractivity contribution in [2.45, 2.75) is 37.8 Å². The molecule has 0 aromatic heterocycles. The number of hydrogen-bond acceptors (Lipinski definition) is 3. The van der Waals surface area contributed by atoms with E-state index in [0.717, 1.165) is 30.2 Å². The van der Waals surface area contributed by atoms with E-state index in [4.69, 9.17) is 16.3 Å². The van der Waals surface area contributed by atoms with E-state index in [0.29, 0.717) is 12.0 Å². The lowest BCUT2D eigenvalue weighted by Gasteiger charge is -2.48. The molecule has 2 fully saturated rings. The van der Waals surface area contributed by atoms with E-state index < -0.39 is 0 Å². The first-order chi connectivity index (χ1) is 10.2. The molecule has 1 aromatic carbocycles. The lowest BCUT2D eigenvalue weighted by atomic mass is 9.74. The molecule has 1 N–H and O–H groups in total. The number of hydrogen-bond donors (Lipinski definition) is 1. The molecule has 21 heavy (non-hydrogen) atoms. The van der Waals surface area contributed by atoms with E-state index in [-0.39, 0.29) is 5.60 Å². The van der Waals surface area contributed by atoms with E-state index in [1.54, 1.807) is 0 Å². The molecule has 1 aromatic rings. The third-order valence-corrected chi connectivity index (χ3v) is 5.76. The molecule has 0 radical (unpaired) electrons. The summed E-state index contributed by atoms with van der Waals surface area (Å²) in [5, 5.41) is 4.44. The number of nitrogens with one attached hydrogen (secondary N) is 1. The Morgan fingerprint density at radius 3 is 3.19 bits per heavy atom. The largest absolute Gasteiger partial charge is 0.486 e. The highest BCUT2D eigenvalue weighted by atomic mass is 35.5. The zero-order valence-electron chi connectivity index (χ0n) is 12.6. The fraction of sp³-hybridized carbons (Fsp3) is 0.647. The highest BCUT2D eigenvalue weighted by Crippen LogP contribution is 2.49. The molecular formula is C17H23ClN2O. The fourth-order valence-electron chi connectivity index (χ4n) is 4.45. The highest BCUT2D eigenvalue weighted by Gasteiger charge is 2.51. The predicted molar refractivity (Wildman–Crippen MR) is 85.0 cm³/mol. The second-order valence-corrected chi connectivity index (χ2v) is 7.14. The maximum absolute atomic E-state index is 6.60. The average Bonchev–Trinajstić information content (AvgIpc) is 2.90. The Morgan fingerprint density at radius 2 is 2.33 bits per heavy atom. The summed E-state index contributed by atoms with van der Waals surface area (Å²) in [5.41, 5.74) is 1.26. The molecule has 1 spiro atoms. The van der Waals surface area contributed by atoms with Crippen LogP contribution in [-0.2, 0) is 0 Å². The van der Waals surface area contributed by atoms with E-state index in [2.05, 4.69) is 29.3 Å². The standard InChI is InChI=1S/C17H23ClN2O/c1-2-19-15-10-17(6-8-20-7-5-12(17)11-20)21-16-4-3-13(18)9-14(15)16/h3-4,9,12,15,19H,2,5-8,10-11H2,1H3. The van der Waals surface area contributed by atoms with Gasteiger partial charge in [0, 0.05) is 48.5 Å². The molecule has 2 saturated heterocycles. The van der Waals surface area contributed by atoms with Crippen LogP contribution in [0.15, 0.2) is 18.2 Å². The van der Waals surface area contributed by atoms with Crippen molar-refractivity contribution in [1.82, 2.24) is 10.2 Å². The second kappa shape index (κ2) is 5.15. The molecule has 0 amide bonds. The van der Waals surface area contributed by atoms with Gasteiger partial charge in [-0.25, -0.2) is 0 Å². The van der Waals surface area contributed by atoms with Crippen LogP contribution in [0.1, 0.15) is 37.8 Å². The minimum absolute atomic E-state index is 0.0284. The quantitative estimate of drug-likeness (QED) is 0.908. The maximum Gasteiger partial charge on any atom is 0.125 e. The van der Waals surface area contributed by atoms with Gasteiger partial charge in [0.05, 0.1) is 0 Å². The molecule has 3 aliphatic rings. The zero-order valence-corrected chi connectivity index (χ0v) is 13.3. The van der Waals surface area contributed by atoms with Crippen LogP contribution in [0.2, 0.25) is 5.02 Å². The third-order valence-electron chi connectivity index (χ3n) is 5.53. The lowest BCUT2D eigenvalue weighted by Crippen LogP contribution is -2.54. The molecule has 4 heteroatoms. The summed E-state index contributed by atoms with van der Waals surface area (Å²) in [7, 11) is 0. The molecule has 114 valence electrons. The molecule has 0 saturated carbocycles. The molecule has 3 heterocycles. The van der Waals surface area contributed by atoms with Crippen molar-refractivity contribution >= 4 is 11.6 Å². The van der Waals surface area contributed by atoms with Crippen LogP contribution in [0.5, 0.6) is 5.75 Å². The number of nitrogens with zero attached hydrogens (tertiary/aromatic N) is 1. The van der Waals surface area contributed by atoms with E-state index in [1.165, 1.54) is 31.6 Å². The van der Waals surface area contributed by atoms with E-state index >= 15 is 0 Å². The van der Waals surface area contributed by atoms with Gasteiger partial charge < -0.3 is 15.0 Å². The van der Waals surface area contributed by atoms with Gasteiger partial charge in [-0.05, 0) is 37.7 Å². The van der Waals surface area contributed by atoms with Crippen LogP contribution >= 0.6 is 11.6 Å².